The Labute approximate surface area is 143 Å². The van der Waals surface area contributed by atoms with Crippen molar-refractivity contribution in [3.8, 4) is 5.75 Å². The molecular formula is C17H19Br2NO. The van der Waals surface area contributed by atoms with Crippen LogP contribution in [0.4, 0.5) is 0 Å². The Morgan fingerprint density at radius 2 is 1.67 bits per heavy atom. The van der Waals surface area contributed by atoms with Crippen LogP contribution >= 0.6 is 31.9 Å². The number of hydrogen-bond donors (Lipinski definition) is 1. The van der Waals surface area contributed by atoms with Crippen LogP contribution in [0.15, 0.2) is 39.3 Å². The smallest absolute Gasteiger partial charge is 0.124 e. The third-order valence-electron chi connectivity index (χ3n) is 3.58. The van der Waals surface area contributed by atoms with E-state index in [1.807, 2.05) is 13.1 Å². The second-order valence-corrected chi connectivity index (χ2v) is 6.85. The Kier molecular flexibility index (Phi) is 5.47. The average Bonchev–Trinajstić information content (AvgIpc) is 2.43. The first kappa shape index (κ1) is 16.5. The van der Waals surface area contributed by atoms with Gasteiger partial charge in [-0.3, -0.25) is 0 Å². The van der Waals surface area contributed by atoms with Crippen LogP contribution in [-0.2, 0) is 0 Å². The van der Waals surface area contributed by atoms with E-state index >= 15 is 0 Å². The molecule has 0 radical (unpaired) electrons. The minimum absolute atomic E-state index is 0.125. The van der Waals surface area contributed by atoms with Crippen molar-refractivity contribution in [2.45, 2.75) is 19.9 Å². The van der Waals surface area contributed by atoms with E-state index in [9.17, 15) is 0 Å². The normalized spacial score (nSPS) is 12.3. The molecule has 1 atom stereocenters. The van der Waals surface area contributed by atoms with Crippen molar-refractivity contribution < 1.29 is 4.74 Å². The standard InChI is InChI=1S/C17H19Br2NO/c1-10-7-12(8-11(2)17(10)21-4)16(20-3)14-9-13(18)5-6-15(14)19/h5-9,16,20H,1-4H3. The van der Waals surface area contributed by atoms with Crippen molar-refractivity contribution in [1.29, 1.82) is 0 Å². The lowest BCUT2D eigenvalue weighted by molar-refractivity contribution is 0.408. The molecule has 0 aromatic heterocycles. The van der Waals surface area contributed by atoms with Gasteiger partial charge >= 0.3 is 0 Å². The van der Waals surface area contributed by atoms with Crippen LogP contribution < -0.4 is 10.1 Å². The summed E-state index contributed by atoms with van der Waals surface area (Å²) in [7, 11) is 3.70. The molecule has 2 nitrogen and oxygen atoms in total. The maximum Gasteiger partial charge on any atom is 0.124 e. The van der Waals surface area contributed by atoms with Gasteiger partial charge in [0.25, 0.3) is 0 Å². The van der Waals surface area contributed by atoms with E-state index in [1.54, 1.807) is 7.11 Å². The van der Waals surface area contributed by atoms with Crippen molar-refractivity contribution in [1.82, 2.24) is 5.32 Å². The Morgan fingerprint density at radius 1 is 1.05 bits per heavy atom. The number of nitrogens with one attached hydrogen (secondary N) is 1. The molecule has 2 aromatic carbocycles. The lowest BCUT2D eigenvalue weighted by Gasteiger charge is -2.21. The predicted octanol–water partition coefficient (Wildman–Crippen LogP) is 5.15. The van der Waals surface area contributed by atoms with Crippen LogP contribution in [0.2, 0.25) is 0 Å². The van der Waals surface area contributed by atoms with Gasteiger partial charge < -0.3 is 10.1 Å². The van der Waals surface area contributed by atoms with Gasteiger partial charge in [0, 0.05) is 8.95 Å². The number of hydrogen-bond acceptors (Lipinski definition) is 2. The molecular weight excluding hydrogens is 394 g/mol. The first-order chi connectivity index (χ1) is 9.97. The molecule has 0 amide bonds. The number of halogens is 2. The summed E-state index contributed by atoms with van der Waals surface area (Å²) in [4.78, 5) is 0. The van der Waals surface area contributed by atoms with E-state index < -0.39 is 0 Å². The van der Waals surface area contributed by atoms with Crippen molar-refractivity contribution in [2.75, 3.05) is 14.2 Å². The van der Waals surface area contributed by atoms with E-state index in [0.717, 1.165) is 25.8 Å². The SMILES string of the molecule is CNC(c1cc(C)c(OC)c(C)c1)c1cc(Br)ccc1Br. The van der Waals surface area contributed by atoms with Gasteiger partial charge in [0.15, 0.2) is 0 Å². The average molecular weight is 413 g/mol. The van der Waals surface area contributed by atoms with Gasteiger partial charge in [-0.05, 0) is 61.3 Å². The Balaban J connectivity index is 2.54. The monoisotopic (exact) mass is 411 g/mol. The topological polar surface area (TPSA) is 21.3 Å². The minimum Gasteiger partial charge on any atom is -0.496 e. The Morgan fingerprint density at radius 3 is 2.19 bits per heavy atom. The highest BCUT2D eigenvalue weighted by Crippen LogP contribution is 2.34. The first-order valence-corrected chi connectivity index (χ1v) is 8.34. The summed E-state index contributed by atoms with van der Waals surface area (Å²) in [6.07, 6.45) is 0. The highest BCUT2D eigenvalue weighted by atomic mass is 79.9. The van der Waals surface area contributed by atoms with E-state index in [4.69, 9.17) is 4.74 Å². The molecule has 0 bridgehead atoms. The maximum absolute atomic E-state index is 5.46. The fraction of sp³-hybridized carbons (Fsp3) is 0.294. The molecule has 0 spiro atoms. The van der Waals surface area contributed by atoms with Gasteiger partial charge in [0.1, 0.15) is 5.75 Å². The summed E-state index contributed by atoms with van der Waals surface area (Å²) in [6, 6.07) is 10.7. The van der Waals surface area contributed by atoms with Gasteiger partial charge in [0.2, 0.25) is 0 Å². The molecule has 1 N–H and O–H groups in total. The number of rotatable bonds is 4. The quantitative estimate of drug-likeness (QED) is 0.749. The summed E-state index contributed by atoms with van der Waals surface area (Å²) >= 11 is 7.20. The third-order valence-corrected chi connectivity index (χ3v) is 4.79. The summed E-state index contributed by atoms with van der Waals surface area (Å²) in [5.41, 5.74) is 4.74. The number of benzene rings is 2. The van der Waals surface area contributed by atoms with Crippen LogP contribution in [0.5, 0.6) is 5.75 Å². The molecule has 0 saturated carbocycles. The number of aryl methyl sites for hydroxylation is 2. The maximum atomic E-state index is 5.46. The van der Waals surface area contributed by atoms with Gasteiger partial charge in [0.05, 0.1) is 13.2 Å². The fourth-order valence-electron chi connectivity index (χ4n) is 2.71. The summed E-state index contributed by atoms with van der Waals surface area (Å²) in [6.45, 7) is 4.16. The summed E-state index contributed by atoms with van der Waals surface area (Å²) in [5, 5.41) is 3.40. The van der Waals surface area contributed by atoms with E-state index in [0.29, 0.717) is 0 Å². The number of methoxy groups -OCH3 is 1. The van der Waals surface area contributed by atoms with E-state index in [1.165, 1.54) is 11.1 Å². The van der Waals surface area contributed by atoms with Crippen molar-refractivity contribution >= 4 is 31.9 Å². The Bertz CT molecular complexity index is 632. The van der Waals surface area contributed by atoms with E-state index in [2.05, 4.69) is 75.3 Å². The predicted molar refractivity (Wildman–Crippen MR) is 95.2 cm³/mol. The van der Waals surface area contributed by atoms with Crippen LogP contribution in [0.3, 0.4) is 0 Å². The molecule has 2 aromatic rings. The first-order valence-electron chi connectivity index (χ1n) is 6.75. The summed E-state index contributed by atoms with van der Waals surface area (Å²) in [5.74, 6) is 0.960. The molecule has 21 heavy (non-hydrogen) atoms. The highest BCUT2D eigenvalue weighted by molar-refractivity contribution is 9.11. The molecule has 0 heterocycles. The fourth-order valence-corrected chi connectivity index (χ4v) is 3.56. The summed E-state index contributed by atoms with van der Waals surface area (Å²) < 4.78 is 7.62. The van der Waals surface area contributed by atoms with Gasteiger partial charge in [-0.1, -0.05) is 44.0 Å². The molecule has 4 heteroatoms. The van der Waals surface area contributed by atoms with Crippen molar-refractivity contribution in [3.63, 3.8) is 0 Å². The molecule has 0 aliphatic heterocycles. The molecule has 112 valence electrons. The van der Waals surface area contributed by atoms with Crippen LogP contribution in [0, 0.1) is 13.8 Å². The molecule has 0 aliphatic carbocycles. The van der Waals surface area contributed by atoms with Gasteiger partial charge in [-0.2, -0.15) is 0 Å². The molecule has 0 saturated heterocycles. The second kappa shape index (κ2) is 6.95. The van der Waals surface area contributed by atoms with Crippen LogP contribution in [0.25, 0.3) is 0 Å². The lowest BCUT2D eigenvalue weighted by atomic mass is 9.95. The molecule has 2 rings (SSSR count). The molecule has 1 unspecified atom stereocenters. The highest BCUT2D eigenvalue weighted by Gasteiger charge is 2.17. The second-order valence-electron chi connectivity index (χ2n) is 5.08. The van der Waals surface area contributed by atoms with Crippen molar-refractivity contribution in [3.05, 3.63) is 61.5 Å². The zero-order valence-electron chi connectivity index (χ0n) is 12.6. The van der Waals surface area contributed by atoms with Crippen LogP contribution in [-0.4, -0.2) is 14.2 Å². The number of ether oxygens (including phenoxy) is 1. The van der Waals surface area contributed by atoms with Crippen molar-refractivity contribution in [2.24, 2.45) is 0 Å². The zero-order valence-corrected chi connectivity index (χ0v) is 15.8. The largest absolute Gasteiger partial charge is 0.496 e. The Hall–Kier alpha value is -0.840. The third kappa shape index (κ3) is 3.50. The molecule has 0 fully saturated rings. The van der Waals surface area contributed by atoms with Gasteiger partial charge in [-0.15, -0.1) is 0 Å². The zero-order chi connectivity index (χ0) is 15.6. The van der Waals surface area contributed by atoms with E-state index in [-0.39, 0.29) is 6.04 Å². The lowest BCUT2D eigenvalue weighted by Crippen LogP contribution is -2.18. The minimum atomic E-state index is 0.125. The van der Waals surface area contributed by atoms with Crippen LogP contribution in [0.1, 0.15) is 28.3 Å². The molecule has 0 aliphatic rings. The van der Waals surface area contributed by atoms with Gasteiger partial charge in [-0.25, -0.2) is 0 Å².